The average Bonchev–Trinajstić information content (AvgIpc) is 2.83. The van der Waals surface area contributed by atoms with Crippen LogP contribution in [0, 0.1) is 5.92 Å². The highest BCUT2D eigenvalue weighted by Gasteiger charge is 2.32. The van der Waals surface area contributed by atoms with Gasteiger partial charge in [0.05, 0.1) is 25.3 Å². The number of methoxy groups -OCH3 is 1. The van der Waals surface area contributed by atoms with Crippen LogP contribution in [-0.4, -0.2) is 65.1 Å². The third kappa shape index (κ3) is 5.05. The van der Waals surface area contributed by atoms with E-state index in [0.29, 0.717) is 18.5 Å². The first-order valence-corrected chi connectivity index (χ1v) is 10.8. The summed E-state index contributed by atoms with van der Waals surface area (Å²) in [5.41, 5.74) is 0.896. The number of amides is 1. The molecule has 0 bridgehead atoms. The molecular formula is C22H30N6O2. The molecule has 4 heterocycles. The van der Waals surface area contributed by atoms with Gasteiger partial charge < -0.3 is 15.0 Å². The van der Waals surface area contributed by atoms with Gasteiger partial charge in [-0.1, -0.05) is 6.07 Å². The van der Waals surface area contributed by atoms with Gasteiger partial charge in [0.1, 0.15) is 12.1 Å². The number of hydrogen-bond donors (Lipinski definition) is 1. The number of nitrogens with zero attached hydrogens (tertiary/aromatic N) is 5. The highest BCUT2D eigenvalue weighted by molar-refractivity contribution is 5.78. The Labute approximate surface area is 177 Å². The molecule has 2 saturated heterocycles. The molecule has 2 aromatic rings. The van der Waals surface area contributed by atoms with Crippen LogP contribution in [0.1, 0.15) is 31.4 Å². The Morgan fingerprint density at radius 3 is 2.80 bits per heavy atom. The third-order valence-corrected chi connectivity index (χ3v) is 6.14. The molecule has 2 fully saturated rings. The molecule has 1 atom stereocenters. The molecule has 8 heteroatoms. The number of aromatic nitrogens is 3. The zero-order chi connectivity index (χ0) is 20.8. The van der Waals surface area contributed by atoms with Crippen molar-refractivity contribution in [3.8, 4) is 5.88 Å². The summed E-state index contributed by atoms with van der Waals surface area (Å²) in [6, 6.07) is 8.19. The second-order valence-electron chi connectivity index (χ2n) is 8.01. The number of likely N-dealkylation sites (tertiary alicyclic amines) is 1. The number of pyridine rings is 1. The van der Waals surface area contributed by atoms with Crippen LogP contribution in [0.15, 0.2) is 36.8 Å². The first kappa shape index (κ1) is 20.5. The van der Waals surface area contributed by atoms with Crippen LogP contribution in [-0.2, 0) is 11.3 Å². The van der Waals surface area contributed by atoms with Crippen LogP contribution in [0.4, 0.5) is 5.82 Å². The first-order valence-electron chi connectivity index (χ1n) is 10.8. The summed E-state index contributed by atoms with van der Waals surface area (Å²) in [6.45, 7) is 4.34. The summed E-state index contributed by atoms with van der Waals surface area (Å²) in [7, 11) is 1.62. The van der Waals surface area contributed by atoms with Gasteiger partial charge in [-0.2, -0.15) is 0 Å². The summed E-state index contributed by atoms with van der Waals surface area (Å²) in [5, 5.41) is 3.07. The van der Waals surface area contributed by atoms with Crippen molar-refractivity contribution in [3.05, 3.63) is 42.5 Å². The molecule has 8 nitrogen and oxygen atoms in total. The normalized spacial score (nSPS) is 20.7. The molecular weight excluding hydrogens is 380 g/mol. The number of carbonyl (C=O) groups excluding carboxylic acids is 1. The fourth-order valence-corrected chi connectivity index (χ4v) is 4.45. The summed E-state index contributed by atoms with van der Waals surface area (Å²) in [6.07, 6.45) is 7.51. The number of anilines is 1. The monoisotopic (exact) mass is 410 g/mol. The molecule has 4 rings (SSSR count). The third-order valence-electron chi connectivity index (χ3n) is 6.14. The van der Waals surface area contributed by atoms with Crippen molar-refractivity contribution in [3.63, 3.8) is 0 Å². The van der Waals surface area contributed by atoms with Crippen LogP contribution in [0.5, 0.6) is 5.88 Å². The van der Waals surface area contributed by atoms with Crippen molar-refractivity contribution in [1.29, 1.82) is 0 Å². The minimum Gasteiger partial charge on any atom is -0.481 e. The number of rotatable bonds is 6. The molecule has 0 saturated carbocycles. The Kier molecular flexibility index (Phi) is 6.74. The number of ether oxygens (including phenoxy) is 1. The van der Waals surface area contributed by atoms with Gasteiger partial charge in [0, 0.05) is 37.9 Å². The Balaban J connectivity index is 1.27. The number of piperidine rings is 2. The zero-order valence-corrected chi connectivity index (χ0v) is 17.5. The van der Waals surface area contributed by atoms with Crippen molar-refractivity contribution in [2.45, 2.75) is 38.3 Å². The zero-order valence-electron chi connectivity index (χ0n) is 17.5. The number of carbonyl (C=O) groups is 1. The lowest BCUT2D eigenvalue weighted by atomic mass is 9.93. The second kappa shape index (κ2) is 9.84. The largest absolute Gasteiger partial charge is 0.481 e. The van der Waals surface area contributed by atoms with E-state index in [1.807, 2.05) is 24.3 Å². The van der Waals surface area contributed by atoms with E-state index in [2.05, 4.69) is 30.1 Å². The quantitative estimate of drug-likeness (QED) is 0.778. The topological polar surface area (TPSA) is 83.5 Å². The van der Waals surface area contributed by atoms with Crippen molar-refractivity contribution in [1.82, 2.24) is 25.2 Å². The summed E-state index contributed by atoms with van der Waals surface area (Å²) < 4.78 is 5.22. The van der Waals surface area contributed by atoms with E-state index in [-0.39, 0.29) is 11.8 Å². The predicted octanol–water partition coefficient (Wildman–Crippen LogP) is 1.88. The van der Waals surface area contributed by atoms with Gasteiger partial charge in [0.25, 0.3) is 0 Å². The Morgan fingerprint density at radius 1 is 1.17 bits per heavy atom. The maximum Gasteiger partial charge on any atom is 0.224 e. The lowest BCUT2D eigenvalue weighted by molar-refractivity contribution is -0.127. The van der Waals surface area contributed by atoms with Crippen LogP contribution in [0.2, 0.25) is 0 Å². The standard InChI is InChI=1S/C22H30N6O2/c1-30-21-13-20(25-16-26-21)27-11-7-19(8-12-27)28-10-4-5-17(15-28)22(29)24-14-18-6-2-3-9-23-18/h2-3,6,9,13,16-17,19H,4-5,7-8,10-12,14-15H2,1H3,(H,24,29). The maximum absolute atomic E-state index is 12.7. The first-order chi connectivity index (χ1) is 14.7. The van der Waals surface area contributed by atoms with Gasteiger partial charge in [0.2, 0.25) is 11.8 Å². The number of nitrogens with one attached hydrogen (secondary N) is 1. The molecule has 2 aromatic heterocycles. The second-order valence-corrected chi connectivity index (χ2v) is 8.01. The van der Waals surface area contributed by atoms with Crippen LogP contribution in [0.3, 0.4) is 0 Å². The van der Waals surface area contributed by atoms with Gasteiger partial charge >= 0.3 is 0 Å². The molecule has 30 heavy (non-hydrogen) atoms. The summed E-state index contributed by atoms with van der Waals surface area (Å²) in [5.74, 6) is 1.73. The average molecular weight is 411 g/mol. The molecule has 1 unspecified atom stereocenters. The molecule has 1 amide bonds. The van der Waals surface area contributed by atoms with E-state index in [9.17, 15) is 4.79 Å². The van der Waals surface area contributed by atoms with E-state index in [1.165, 1.54) is 0 Å². The minimum atomic E-state index is 0.0617. The molecule has 160 valence electrons. The van der Waals surface area contributed by atoms with E-state index in [0.717, 1.165) is 63.4 Å². The highest BCUT2D eigenvalue weighted by Crippen LogP contribution is 2.26. The van der Waals surface area contributed by atoms with Gasteiger partial charge in [-0.3, -0.25) is 14.7 Å². The van der Waals surface area contributed by atoms with E-state index in [1.54, 1.807) is 19.6 Å². The van der Waals surface area contributed by atoms with Crippen molar-refractivity contribution >= 4 is 11.7 Å². The van der Waals surface area contributed by atoms with Crippen molar-refractivity contribution in [2.75, 3.05) is 38.2 Å². The van der Waals surface area contributed by atoms with Crippen LogP contribution >= 0.6 is 0 Å². The van der Waals surface area contributed by atoms with Crippen LogP contribution in [0.25, 0.3) is 0 Å². The lowest BCUT2D eigenvalue weighted by Gasteiger charge is -2.42. The Morgan fingerprint density at radius 2 is 2.03 bits per heavy atom. The maximum atomic E-state index is 12.7. The van der Waals surface area contributed by atoms with Gasteiger partial charge in [-0.05, 0) is 44.4 Å². The molecule has 1 N–H and O–H groups in total. The van der Waals surface area contributed by atoms with Gasteiger partial charge in [-0.25, -0.2) is 9.97 Å². The lowest BCUT2D eigenvalue weighted by Crippen LogP contribution is -2.50. The Bertz CT molecular complexity index is 825. The molecule has 0 radical (unpaired) electrons. The van der Waals surface area contributed by atoms with E-state index >= 15 is 0 Å². The molecule has 0 aliphatic carbocycles. The van der Waals surface area contributed by atoms with Gasteiger partial charge in [0.15, 0.2) is 0 Å². The fraction of sp³-hybridized carbons (Fsp3) is 0.545. The molecule has 0 aromatic carbocycles. The molecule has 0 spiro atoms. The minimum absolute atomic E-state index is 0.0617. The van der Waals surface area contributed by atoms with Crippen molar-refractivity contribution in [2.24, 2.45) is 5.92 Å². The summed E-state index contributed by atoms with van der Waals surface area (Å²) in [4.78, 5) is 30.3. The van der Waals surface area contributed by atoms with Crippen molar-refractivity contribution < 1.29 is 9.53 Å². The predicted molar refractivity (Wildman–Crippen MR) is 114 cm³/mol. The van der Waals surface area contributed by atoms with E-state index in [4.69, 9.17) is 4.74 Å². The SMILES string of the molecule is COc1cc(N2CCC(N3CCCC(C(=O)NCc4ccccn4)C3)CC2)ncn1. The van der Waals surface area contributed by atoms with Crippen LogP contribution < -0.4 is 15.0 Å². The fourth-order valence-electron chi connectivity index (χ4n) is 4.45. The molecule has 2 aliphatic rings. The Hall–Kier alpha value is -2.74. The van der Waals surface area contributed by atoms with E-state index < -0.39 is 0 Å². The smallest absolute Gasteiger partial charge is 0.224 e. The number of hydrogen-bond acceptors (Lipinski definition) is 7. The summed E-state index contributed by atoms with van der Waals surface area (Å²) >= 11 is 0. The van der Waals surface area contributed by atoms with Gasteiger partial charge in [-0.15, -0.1) is 0 Å². The molecule has 2 aliphatic heterocycles. The highest BCUT2D eigenvalue weighted by atomic mass is 16.5.